The zero-order chi connectivity index (χ0) is 18.0. The molecule has 126 valence electrons. The zero-order valence-electron chi connectivity index (χ0n) is 13.1. The summed E-state index contributed by atoms with van der Waals surface area (Å²) in [5, 5.41) is 14.0. The van der Waals surface area contributed by atoms with Gasteiger partial charge in [0.05, 0.1) is 17.6 Å². The number of non-ortho nitro benzene ring substituents is 1. The lowest BCUT2D eigenvalue weighted by Crippen LogP contribution is -2.12. The molecule has 25 heavy (non-hydrogen) atoms. The number of H-pyrrole nitrogens is 1. The predicted molar refractivity (Wildman–Crippen MR) is 90.7 cm³/mol. The molecule has 0 spiro atoms. The van der Waals surface area contributed by atoms with Gasteiger partial charge in [-0.25, -0.2) is 4.79 Å². The Morgan fingerprint density at radius 2 is 1.96 bits per heavy atom. The summed E-state index contributed by atoms with van der Waals surface area (Å²) in [6.45, 7) is 0. The van der Waals surface area contributed by atoms with Crippen LogP contribution in [0.15, 0.2) is 48.5 Å². The Morgan fingerprint density at radius 3 is 2.68 bits per heavy atom. The summed E-state index contributed by atoms with van der Waals surface area (Å²) in [5.74, 6) is -0.935. The molecule has 3 rings (SSSR count). The summed E-state index contributed by atoms with van der Waals surface area (Å²) in [7, 11) is 1.28. The second kappa shape index (κ2) is 6.44. The summed E-state index contributed by atoms with van der Waals surface area (Å²) >= 11 is 0. The number of carbonyl (C=O) groups is 2. The van der Waals surface area contributed by atoms with Gasteiger partial charge < -0.3 is 15.0 Å². The molecule has 1 aromatic heterocycles. The molecule has 2 aromatic carbocycles. The molecule has 0 unspecified atom stereocenters. The van der Waals surface area contributed by atoms with Crippen molar-refractivity contribution in [2.75, 3.05) is 12.4 Å². The van der Waals surface area contributed by atoms with Crippen molar-refractivity contribution in [1.29, 1.82) is 0 Å². The molecule has 2 N–H and O–H groups in total. The highest BCUT2D eigenvalue weighted by Crippen LogP contribution is 2.22. The fraction of sp³-hybridized carbons (Fsp3) is 0.0588. The van der Waals surface area contributed by atoms with E-state index in [1.807, 2.05) is 0 Å². The molecule has 0 saturated heterocycles. The molecule has 0 radical (unpaired) electrons. The maximum atomic E-state index is 12.4. The molecular weight excluding hydrogens is 326 g/mol. The van der Waals surface area contributed by atoms with Gasteiger partial charge in [0.1, 0.15) is 5.69 Å². The van der Waals surface area contributed by atoms with Crippen molar-refractivity contribution in [3.8, 4) is 0 Å². The molecule has 0 atom stereocenters. The molecule has 1 amide bonds. The molecule has 3 aromatic rings. The van der Waals surface area contributed by atoms with Crippen LogP contribution in [-0.2, 0) is 4.74 Å². The lowest BCUT2D eigenvalue weighted by Gasteiger charge is -2.05. The van der Waals surface area contributed by atoms with E-state index in [1.54, 1.807) is 24.3 Å². The highest BCUT2D eigenvalue weighted by atomic mass is 16.6. The number of nitro groups is 1. The van der Waals surface area contributed by atoms with Crippen LogP contribution in [0, 0.1) is 10.1 Å². The van der Waals surface area contributed by atoms with Crippen LogP contribution < -0.4 is 5.32 Å². The first-order valence-electron chi connectivity index (χ1n) is 7.25. The van der Waals surface area contributed by atoms with Gasteiger partial charge in [0.25, 0.3) is 11.6 Å². The Bertz CT molecular complexity index is 993. The molecule has 1 heterocycles. The molecule has 8 nitrogen and oxygen atoms in total. The quantitative estimate of drug-likeness (QED) is 0.430. The summed E-state index contributed by atoms with van der Waals surface area (Å²) in [4.78, 5) is 37.1. The Morgan fingerprint density at radius 1 is 1.16 bits per heavy atom. The Balaban J connectivity index is 1.85. The van der Waals surface area contributed by atoms with Gasteiger partial charge in [-0.15, -0.1) is 0 Å². The number of aromatic nitrogens is 1. The van der Waals surface area contributed by atoms with Crippen molar-refractivity contribution in [3.63, 3.8) is 0 Å². The third-order valence-corrected chi connectivity index (χ3v) is 3.60. The summed E-state index contributed by atoms with van der Waals surface area (Å²) < 4.78 is 4.64. The van der Waals surface area contributed by atoms with Gasteiger partial charge in [-0.3, -0.25) is 14.9 Å². The first-order chi connectivity index (χ1) is 12.0. The molecule has 0 aliphatic carbocycles. The summed E-state index contributed by atoms with van der Waals surface area (Å²) in [6, 6.07) is 12.2. The van der Waals surface area contributed by atoms with Crippen LogP contribution in [0.25, 0.3) is 10.9 Å². The molecule has 0 bridgehead atoms. The SMILES string of the molecule is COC(=O)c1cccc(NC(=O)c2cc3cc([N+](=O)[O-])ccc3[nH]2)c1. The normalized spacial score (nSPS) is 10.4. The lowest BCUT2D eigenvalue weighted by atomic mass is 10.2. The van der Waals surface area contributed by atoms with E-state index < -0.39 is 16.8 Å². The largest absolute Gasteiger partial charge is 0.465 e. The van der Waals surface area contributed by atoms with Gasteiger partial charge in [0.15, 0.2) is 0 Å². The summed E-state index contributed by atoms with van der Waals surface area (Å²) in [5.41, 5.74) is 1.55. The van der Waals surface area contributed by atoms with Crippen molar-refractivity contribution < 1.29 is 19.2 Å². The van der Waals surface area contributed by atoms with Gasteiger partial charge in [0.2, 0.25) is 0 Å². The van der Waals surface area contributed by atoms with Crippen molar-refractivity contribution in [2.24, 2.45) is 0 Å². The van der Waals surface area contributed by atoms with Crippen molar-refractivity contribution >= 4 is 34.2 Å². The van der Waals surface area contributed by atoms with Gasteiger partial charge >= 0.3 is 5.97 Å². The van der Waals surface area contributed by atoms with E-state index in [4.69, 9.17) is 0 Å². The number of aromatic amines is 1. The third kappa shape index (κ3) is 3.32. The molecule has 0 aliphatic rings. The number of nitrogens with one attached hydrogen (secondary N) is 2. The van der Waals surface area contributed by atoms with E-state index >= 15 is 0 Å². The Kier molecular flexibility index (Phi) is 4.17. The highest BCUT2D eigenvalue weighted by Gasteiger charge is 2.14. The van der Waals surface area contributed by atoms with Crippen LogP contribution in [-0.4, -0.2) is 28.9 Å². The Hall–Kier alpha value is -3.68. The van der Waals surface area contributed by atoms with Crippen LogP contribution in [0.3, 0.4) is 0 Å². The van der Waals surface area contributed by atoms with Crippen LogP contribution >= 0.6 is 0 Å². The smallest absolute Gasteiger partial charge is 0.337 e. The number of fused-ring (bicyclic) bond motifs is 1. The van der Waals surface area contributed by atoms with E-state index in [-0.39, 0.29) is 11.4 Å². The van der Waals surface area contributed by atoms with E-state index in [0.29, 0.717) is 22.2 Å². The number of nitro benzene ring substituents is 1. The number of carbonyl (C=O) groups excluding carboxylic acids is 2. The maximum Gasteiger partial charge on any atom is 0.337 e. The van der Waals surface area contributed by atoms with Gasteiger partial charge in [-0.2, -0.15) is 0 Å². The number of methoxy groups -OCH3 is 1. The van der Waals surface area contributed by atoms with E-state index in [9.17, 15) is 19.7 Å². The second-order valence-electron chi connectivity index (χ2n) is 5.24. The zero-order valence-corrected chi connectivity index (χ0v) is 13.1. The highest BCUT2D eigenvalue weighted by molar-refractivity contribution is 6.06. The fourth-order valence-electron chi connectivity index (χ4n) is 2.40. The third-order valence-electron chi connectivity index (χ3n) is 3.60. The number of ether oxygens (including phenoxy) is 1. The number of amides is 1. The average molecular weight is 339 g/mol. The van der Waals surface area contributed by atoms with Gasteiger partial charge in [-0.1, -0.05) is 6.07 Å². The fourth-order valence-corrected chi connectivity index (χ4v) is 2.40. The number of benzene rings is 2. The predicted octanol–water partition coefficient (Wildman–Crippen LogP) is 3.12. The number of esters is 1. The van der Waals surface area contributed by atoms with Gasteiger partial charge in [-0.05, 0) is 30.3 Å². The minimum Gasteiger partial charge on any atom is -0.465 e. The average Bonchev–Trinajstić information content (AvgIpc) is 3.04. The molecular formula is C17H13N3O5. The van der Waals surface area contributed by atoms with Crippen molar-refractivity contribution in [3.05, 3.63) is 69.9 Å². The number of rotatable bonds is 4. The van der Waals surface area contributed by atoms with Crippen molar-refractivity contribution in [1.82, 2.24) is 4.98 Å². The van der Waals surface area contributed by atoms with E-state index in [1.165, 1.54) is 31.4 Å². The van der Waals surface area contributed by atoms with Crippen LogP contribution in [0.1, 0.15) is 20.8 Å². The first kappa shape index (κ1) is 16.2. The van der Waals surface area contributed by atoms with Crippen LogP contribution in [0.4, 0.5) is 11.4 Å². The van der Waals surface area contributed by atoms with E-state index in [0.717, 1.165) is 0 Å². The van der Waals surface area contributed by atoms with Gasteiger partial charge in [0, 0.05) is 28.7 Å². The molecule has 0 saturated carbocycles. The van der Waals surface area contributed by atoms with Crippen LogP contribution in [0.5, 0.6) is 0 Å². The molecule has 0 fully saturated rings. The Labute approximate surface area is 141 Å². The van der Waals surface area contributed by atoms with Crippen LogP contribution in [0.2, 0.25) is 0 Å². The molecule has 8 heteroatoms. The first-order valence-corrected chi connectivity index (χ1v) is 7.25. The number of hydrogen-bond donors (Lipinski definition) is 2. The topological polar surface area (TPSA) is 114 Å². The number of nitrogens with zero attached hydrogens (tertiary/aromatic N) is 1. The summed E-state index contributed by atoms with van der Waals surface area (Å²) in [6.07, 6.45) is 0. The maximum absolute atomic E-state index is 12.4. The molecule has 0 aliphatic heterocycles. The minimum atomic E-state index is -0.506. The van der Waals surface area contributed by atoms with Crippen molar-refractivity contribution in [2.45, 2.75) is 0 Å². The monoisotopic (exact) mass is 339 g/mol. The minimum absolute atomic E-state index is 0.0516. The second-order valence-corrected chi connectivity index (χ2v) is 5.24. The number of hydrogen-bond acceptors (Lipinski definition) is 5. The van der Waals surface area contributed by atoms with E-state index in [2.05, 4.69) is 15.0 Å². The number of anilines is 1. The lowest BCUT2D eigenvalue weighted by molar-refractivity contribution is -0.384. The standard InChI is InChI=1S/C17H13N3O5/c1-25-17(22)10-3-2-4-12(7-10)18-16(21)15-9-11-8-13(20(23)24)5-6-14(11)19-15/h2-9,19H,1H3,(H,18,21).